The van der Waals surface area contributed by atoms with Gasteiger partial charge in [-0.15, -0.1) is 5.92 Å². The van der Waals surface area contributed by atoms with Crippen molar-refractivity contribution in [1.29, 1.82) is 0 Å². The minimum Gasteiger partial charge on any atom is -0.298 e. The van der Waals surface area contributed by atoms with E-state index >= 15 is 0 Å². The Morgan fingerprint density at radius 2 is 2.29 bits per heavy atom. The summed E-state index contributed by atoms with van der Waals surface area (Å²) in [7, 11) is 0. The van der Waals surface area contributed by atoms with Crippen LogP contribution in [0.5, 0.6) is 0 Å². The third kappa shape index (κ3) is 3.76. The smallest absolute Gasteiger partial charge is 0.149 e. The molecule has 0 fully saturated rings. The van der Waals surface area contributed by atoms with Crippen molar-refractivity contribution in [2.75, 3.05) is 0 Å². The lowest BCUT2D eigenvalue weighted by atomic mass is 10.1. The fourth-order valence-corrected chi connectivity index (χ4v) is 1.57. The Hall–Kier alpha value is -1.07. The molecule has 0 amide bonds. The summed E-state index contributed by atoms with van der Waals surface area (Å²) in [6, 6.07) is 7.78. The normalized spacial score (nSPS) is 9.00. The molecular formula is C12H11BrO. The largest absolute Gasteiger partial charge is 0.298 e. The maximum Gasteiger partial charge on any atom is 0.149 e. The minimum absolute atomic E-state index is 0.164. The highest BCUT2D eigenvalue weighted by Gasteiger charge is 2.01. The van der Waals surface area contributed by atoms with Crippen LogP contribution in [-0.2, 0) is 11.2 Å². The van der Waals surface area contributed by atoms with Crippen molar-refractivity contribution in [2.24, 2.45) is 0 Å². The number of rotatable bonds is 3. The zero-order chi connectivity index (χ0) is 10.4. The zero-order valence-corrected chi connectivity index (χ0v) is 9.60. The van der Waals surface area contributed by atoms with E-state index < -0.39 is 0 Å². The molecule has 0 aromatic heterocycles. The summed E-state index contributed by atoms with van der Waals surface area (Å²) in [6.07, 6.45) is 0.817. The molecule has 0 heterocycles. The van der Waals surface area contributed by atoms with Crippen LogP contribution in [0.2, 0.25) is 0 Å². The molecule has 0 saturated carbocycles. The fraction of sp³-hybridized carbons (Fsp3) is 0.250. The Kier molecular flexibility index (Phi) is 4.42. The van der Waals surface area contributed by atoms with E-state index in [1.807, 2.05) is 24.3 Å². The van der Waals surface area contributed by atoms with Gasteiger partial charge in [-0.25, -0.2) is 0 Å². The number of Topliss-reactive ketones (excluding diaryl/α,β-unsaturated/α-hetero) is 1. The molecule has 0 N–H and O–H groups in total. The molecule has 1 rings (SSSR count). The standard InChI is InChI=1S/C12H11BrO/c1-2-3-7-12(14)9-10-5-4-6-11(13)8-10/h4-6,8H,7,9H2,1H3. The number of ketones is 1. The summed E-state index contributed by atoms with van der Waals surface area (Å²) >= 11 is 3.37. The molecule has 2 heteroatoms. The monoisotopic (exact) mass is 250 g/mol. The summed E-state index contributed by atoms with van der Waals surface area (Å²) in [5, 5.41) is 0. The van der Waals surface area contributed by atoms with E-state index in [2.05, 4.69) is 27.8 Å². The Balaban J connectivity index is 2.59. The Morgan fingerprint density at radius 3 is 2.93 bits per heavy atom. The molecule has 0 aliphatic heterocycles. The first-order valence-corrected chi connectivity index (χ1v) is 5.17. The van der Waals surface area contributed by atoms with Crippen LogP contribution in [0.3, 0.4) is 0 Å². The van der Waals surface area contributed by atoms with Gasteiger partial charge in [0, 0.05) is 10.9 Å². The van der Waals surface area contributed by atoms with Gasteiger partial charge >= 0.3 is 0 Å². The maximum absolute atomic E-state index is 11.4. The van der Waals surface area contributed by atoms with Crippen molar-refractivity contribution in [1.82, 2.24) is 0 Å². The molecular weight excluding hydrogens is 240 g/mol. The average Bonchev–Trinajstić information content (AvgIpc) is 2.15. The first kappa shape index (κ1) is 11.0. The lowest BCUT2D eigenvalue weighted by Crippen LogP contribution is -2.00. The zero-order valence-electron chi connectivity index (χ0n) is 8.01. The van der Waals surface area contributed by atoms with Crippen LogP contribution >= 0.6 is 15.9 Å². The number of halogens is 1. The number of carbonyl (C=O) groups is 1. The van der Waals surface area contributed by atoms with Gasteiger partial charge in [0.2, 0.25) is 0 Å². The number of benzene rings is 1. The van der Waals surface area contributed by atoms with Gasteiger partial charge in [0.1, 0.15) is 5.78 Å². The molecule has 0 unspecified atom stereocenters. The van der Waals surface area contributed by atoms with Crippen molar-refractivity contribution < 1.29 is 4.79 Å². The van der Waals surface area contributed by atoms with Crippen LogP contribution in [0.15, 0.2) is 28.7 Å². The van der Waals surface area contributed by atoms with Crippen molar-refractivity contribution in [2.45, 2.75) is 19.8 Å². The van der Waals surface area contributed by atoms with Crippen LogP contribution in [0, 0.1) is 11.8 Å². The average molecular weight is 251 g/mol. The Bertz CT molecular complexity index is 385. The number of carbonyl (C=O) groups excluding carboxylic acids is 1. The first-order valence-electron chi connectivity index (χ1n) is 4.38. The number of hydrogen-bond acceptors (Lipinski definition) is 1. The van der Waals surface area contributed by atoms with Gasteiger partial charge in [-0.1, -0.05) is 34.0 Å². The molecule has 1 aromatic rings. The quantitative estimate of drug-likeness (QED) is 0.755. The molecule has 14 heavy (non-hydrogen) atoms. The second kappa shape index (κ2) is 5.62. The highest BCUT2D eigenvalue weighted by Crippen LogP contribution is 2.12. The second-order valence-electron chi connectivity index (χ2n) is 2.95. The van der Waals surface area contributed by atoms with E-state index in [9.17, 15) is 4.79 Å². The first-order chi connectivity index (χ1) is 6.72. The molecule has 1 aromatic carbocycles. The number of hydrogen-bond donors (Lipinski definition) is 0. The summed E-state index contributed by atoms with van der Waals surface area (Å²) in [6.45, 7) is 1.74. The van der Waals surface area contributed by atoms with Gasteiger partial charge in [-0.2, -0.15) is 0 Å². The van der Waals surface area contributed by atoms with E-state index in [-0.39, 0.29) is 5.78 Å². The van der Waals surface area contributed by atoms with Gasteiger partial charge in [0.05, 0.1) is 6.42 Å². The summed E-state index contributed by atoms with van der Waals surface area (Å²) in [5.74, 6) is 5.65. The Morgan fingerprint density at radius 1 is 1.50 bits per heavy atom. The molecule has 0 aliphatic rings. The van der Waals surface area contributed by atoms with Crippen molar-refractivity contribution in [3.8, 4) is 11.8 Å². The van der Waals surface area contributed by atoms with E-state index in [4.69, 9.17) is 0 Å². The van der Waals surface area contributed by atoms with E-state index in [1.165, 1.54) is 0 Å². The molecule has 72 valence electrons. The highest BCUT2D eigenvalue weighted by atomic mass is 79.9. The summed E-state index contributed by atoms with van der Waals surface area (Å²) < 4.78 is 1.00. The van der Waals surface area contributed by atoms with E-state index in [0.717, 1.165) is 10.0 Å². The van der Waals surface area contributed by atoms with Gasteiger partial charge in [0.25, 0.3) is 0 Å². The van der Waals surface area contributed by atoms with Crippen molar-refractivity contribution in [3.63, 3.8) is 0 Å². The van der Waals surface area contributed by atoms with E-state index in [1.54, 1.807) is 6.92 Å². The molecule has 1 nitrogen and oxygen atoms in total. The van der Waals surface area contributed by atoms with Gasteiger partial charge in [-0.05, 0) is 24.6 Å². The maximum atomic E-state index is 11.4. The third-order valence-corrected chi connectivity index (χ3v) is 2.25. The molecule has 0 aliphatic carbocycles. The van der Waals surface area contributed by atoms with Gasteiger partial charge in [0.15, 0.2) is 0 Å². The molecule has 0 saturated heterocycles. The van der Waals surface area contributed by atoms with Crippen LogP contribution in [0.25, 0.3) is 0 Å². The molecule has 0 radical (unpaired) electrons. The lowest BCUT2D eigenvalue weighted by Gasteiger charge is -1.98. The van der Waals surface area contributed by atoms with Crippen LogP contribution in [0.1, 0.15) is 18.9 Å². The van der Waals surface area contributed by atoms with Crippen LogP contribution in [0.4, 0.5) is 0 Å². The predicted octanol–water partition coefficient (Wildman–Crippen LogP) is 2.97. The summed E-state index contributed by atoms with van der Waals surface area (Å²) in [5.41, 5.74) is 1.03. The van der Waals surface area contributed by atoms with E-state index in [0.29, 0.717) is 12.8 Å². The van der Waals surface area contributed by atoms with Gasteiger partial charge in [-0.3, -0.25) is 4.79 Å². The molecule has 0 atom stereocenters. The molecule has 0 bridgehead atoms. The summed E-state index contributed by atoms with van der Waals surface area (Å²) in [4.78, 5) is 11.4. The lowest BCUT2D eigenvalue weighted by molar-refractivity contribution is -0.117. The minimum atomic E-state index is 0.164. The van der Waals surface area contributed by atoms with Gasteiger partial charge < -0.3 is 0 Å². The molecule has 0 spiro atoms. The fourth-order valence-electron chi connectivity index (χ4n) is 1.12. The SMILES string of the molecule is CC#CCC(=O)Cc1cccc(Br)c1. The van der Waals surface area contributed by atoms with Crippen LogP contribution in [-0.4, -0.2) is 5.78 Å². The van der Waals surface area contributed by atoms with Crippen LogP contribution < -0.4 is 0 Å². The topological polar surface area (TPSA) is 17.1 Å². The second-order valence-corrected chi connectivity index (χ2v) is 3.86. The van der Waals surface area contributed by atoms with Crippen molar-refractivity contribution >= 4 is 21.7 Å². The Labute approximate surface area is 92.6 Å². The predicted molar refractivity (Wildman–Crippen MR) is 60.9 cm³/mol. The van der Waals surface area contributed by atoms with Crippen molar-refractivity contribution in [3.05, 3.63) is 34.3 Å². The highest BCUT2D eigenvalue weighted by molar-refractivity contribution is 9.10. The third-order valence-electron chi connectivity index (χ3n) is 1.75.